The predicted molar refractivity (Wildman–Crippen MR) is 115 cm³/mol. The second-order valence-corrected chi connectivity index (χ2v) is 8.38. The van der Waals surface area contributed by atoms with Gasteiger partial charge in [0.1, 0.15) is 17.5 Å². The number of aromatic nitrogens is 4. The van der Waals surface area contributed by atoms with E-state index in [1.807, 2.05) is 25.1 Å². The van der Waals surface area contributed by atoms with Gasteiger partial charge < -0.3 is 10.2 Å². The van der Waals surface area contributed by atoms with Crippen LogP contribution in [0.2, 0.25) is 0 Å². The van der Waals surface area contributed by atoms with Gasteiger partial charge in [0.05, 0.1) is 19.5 Å². The van der Waals surface area contributed by atoms with Crippen molar-refractivity contribution in [3.63, 3.8) is 0 Å². The van der Waals surface area contributed by atoms with E-state index >= 15 is 0 Å². The summed E-state index contributed by atoms with van der Waals surface area (Å²) in [5.74, 6) is -0.462. The summed E-state index contributed by atoms with van der Waals surface area (Å²) in [6, 6.07) is 7.42. The third kappa shape index (κ3) is 4.42. The second-order valence-electron chi connectivity index (χ2n) is 8.38. The van der Waals surface area contributed by atoms with Gasteiger partial charge in [-0.2, -0.15) is 0 Å². The first-order valence-corrected chi connectivity index (χ1v) is 10.5. The molecule has 7 nitrogen and oxygen atoms in total. The Morgan fingerprint density at radius 3 is 2.62 bits per heavy atom. The van der Waals surface area contributed by atoms with Crippen LogP contribution in [0.3, 0.4) is 0 Å². The van der Waals surface area contributed by atoms with Gasteiger partial charge in [0.2, 0.25) is 5.91 Å². The molecular weight excluding hydrogens is 414 g/mol. The third-order valence-corrected chi connectivity index (χ3v) is 5.70. The average molecular weight is 436 g/mol. The summed E-state index contributed by atoms with van der Waals surface area (Å²) in [5.41, 5.74) is 3.11. The van der Waals surface area contributed by atoms with Crippen molar-refractivity contribution in [1.29, 1.82) is 0 Å². The number of amides is 1. The highest BCUT2D eigenvalue weighted by Gasteiger charge is 2.46. The molecular formula is C23H22F2N6O. The Morgan fingerprint density at radius 2 is 1.88 bits per heavy atom. The van der Waals surface area contributed by atoms with E-state index in [1.54, 1.807) is 24.7 Å². The Kier molecular flexibility index (Phi) is 5.03. The van der Waals surface area contributed by atoms with E-state index in [1.165, 1.54) is 4.90 Å². The largest absolute Gasteiger partial charge is 0.330 e. The molecule has 9 heteroatoms. The topological polar surface area (TPSA) is 83.9 Å². The fourth-order valence-electron chi connectivity index (χ4n) is 3.67. The second kappa shape index (κ2) is 7.89. The Bertz CT molecular complexity index is 1170. The van der Waals surface area contributed by atoms with Crippen LogP contribution in [0.1, 0.15) is 35.8 Å². The first-order chi connectivity index (χ1) is 15.4. The highest BCUT2D eigenvalue weighted by molar-refractivity contribution is 5.80. The van der Waals surface area contributed by atoms with Crippen LogP contribution < -0.4 is 5.32 Å². The summed E-state index contributed by atoms with van der Waals surface area (Å²) in [4.78, 5) is 31.2. The molecule has 4 heterocycles. The minimum absolute atomic E-state index is 0.0455. The molecule has 164 valence electrons. The molecule has 1 aliphatic heterocycles. The van der Waals surface area contributed by atoms with Crippen molar-refractivity contribution in [3.05, 3.63) is 59.9 Å². The van der Waals surface area contributed by atoms with E-state index < -0.39 is 19.0 Å². The van der Waals surface area contributed by atoms with Crippen molar-refractivity contribution in [3.8, 4) is 11.1 Å². The van der Waals surface area contributed by atoms with Crippen LogP contribution in [-0.4, -0.2) is 49.8 Å². The molecule has 0 radical (unpaired) electrons. The van der Waals surface area contributed by atoms with Gasteiger partial charge in [0, 0.05) is 35.8 Å². The number of rotatable bonds is 6. The van der Waals surface area contributed by atoms with Crippen LogP contribution in [0, 0.1) is 6.92 Å². The normalized spacial score (nSPS) is 17.0. The Labute approximate surface area is 183 Å². The number of likely N-dealkylation sites (tertiary alicyclic amines) is 1. The number of anilines is 2. The van der Waals surface area contributed by atoms with Crippen LogP contribution in [0.4, 0.5) is 20.4 Å². The minimum Gasteiger partial charge on any atom is -0.330 e. The van der Waals surface area contributed by atoms with Gasteiger partial charge in [-0.1, -0.05) is 0 Å². The van der Waals surface area contributed by atoms with E-state index in [0.717, 1.165) is 35.4 Å². The SMILES string of the molecule is Cc1ncc(-c2ccnc(Nc3ccnc(C4CC4)n3)c2)cc1CC(=O)N1CC(F)(F)C1. The summed E-state index contributed by atoms with van der Waals surface area (Å²) in [6.07, 6.45) is 7.46. The van der Waals surface area contributed by atoms with Gasteiger partial charge in [-0.05, 0) is 55.2 Å². The molecule has 1 saturated carbocycles. The highest BCUT2D eigenvalue weighted by atomic mass is 19.3. The molecule has 1 saturated heterocycles. The molecule has 3 aromatic rings. The van der Waals surface area contributed by atoms with E-state index in [0.29, 0.717) is 23.2 Å². The molecule has 0 bridgehead atoms. The number of alkyl halides is 2. The number of hydrogen-bond acceptors (Lipinski definition) is 6. The van der Waals surface area contributed by atoms with Crippen LogP contribution in [0.25, 0.3) is 11.1 Å². The first kappa shape index (κ1) is 20.4. The lowest BCUT2D eigenvalue weighted by Gasteiger charge is -2.38. The van der Waals surface area contributed by atoms with Gasteiger partial charge in [-0.3, -0.25) is 9.78 Å². The molecule has 0 aromatic carbocycles. The van der Waals surface area contributed by atoms with Crippen molar-refractivity contribution in [1.82, 2.24) is 24.8 Å². The molecule has 2 fully saturated rings. The maximum absolute atomic E-state index is 13.1. The molecule has 0 unspecified atom stereocenters. The number of halogens is 2. The maximum atomic E-state index is 13.1. The number of pyridine rings is 2. The predicted octanol–water partition coefficient (Wildman–Crippen LogP) is 3.88. The average Bonchev–Trinajstić information content (AvgIpc) is 3.59. The van der Waals surface area contributed by atoms with Crippen LogP contribution in [-0.2, 0) is 11.2 Å². The zero-order valence-corrected chi connectivity index (χ0v) is 17.6. The number of aryl methyl sites for hydroxylation is 1. The van der Waals surface area contributed by atoms with Gasteiger partial charge in [0.15, 0.2) is 0 Å². The Morgan fingerprint density at radius 1 is 1.09 bits per heavy atom. The molecule has 32 heavy (non-hydrogen) atoms. The summed E-state index contributed by atoms with van der Waals surface area (Å²) >= 11 is 0. The molecule has 2 aliphatic rings. The lowest BCUT2D eigenvalue weighted by atomic mass is 10.0. The lowest BCUT2D eigenvalue weighted by Crippen LogP contribution is -2.58. The van der Waals surface area contributed by atoms with Gasteiger partial charge in [0.25, 0.3) is 5.92 Å². The van der Waals surface area contributed by atoms with Gasteiger partial charge in [-0.15, -0.1) is 0 Å². The van der Waals surface area contributed by atoms with Crippen LogP contribution >= 0.6 is 0 Å². The van der Waals surface area contributed by atoms with Crippen molar-refractivity contribution >= 4 is 17.5 Å². The highest BCUT2D eigenvalue weighted by Crippen LogP contribution is 2.38. The monoisotopic (exact) mass is 436 g/mol. The van der Waals surface area contributed by atoms with Crippen molar-refractivity contribution < 1.29 is 13.6 Å². The fourth-order valence-corrected chi connectivity index (χ4v) is 3.67. The van der Waals surface area contributed by atoms with Crippen molar-refractivity contribution in [2.24, 2.45) is 0 Å². The quantitative estimate of drug-likeness (QED) is 0.631. The number of carbonyl (C=O) groups is 1. The van der Waals surface area contributed by atoms with E-state index in [9.17, 15) is 13.6 Å². The van der Waals surface area contributed by atoms with Crippen LogP contribution in [0.5, 0.6) is 0 Å². The van der Waals surface area contributed by atoms with Crippen molar-refractivity contribution in [2.45, 2.75) is 38.0 Å². The summed E-state index contributed by atoms with van der Waals surface area (Å²) in [7, 11) is 0. The summed E-state index contributed by atoms with van der Waals surface area (Å²) in [5, 5.41) is 3.22. The first-order valence-electron chi connectivity index (χ1n) is 10.5. The molecule has 1 N–H and O–H groups in total. The fraction of sp³-hybridized carbons (Fsp3) is 0.348. The standard InChI is InChI=1S/C23H22F2N6O/c1-14-17(10-21(32)31-12-23(24,25)13-31)8-18(11-28-14)16-4-6-26-20(9-16)29-19-5-7-27-22(30-19)15-2-3-15/h4-9,11,15H,2-3,10,12-13H2,1H3,(H,26,27,29,30). The maximum Gasteiger partial charge on any atom is 0.282 e. The lowest BCUT2D eigenvalue weighted by molar-refractivity contribution is -0.165. The summed E-state index contributed by atoms with van der Waals surface area (Å²) < 4.78 is 26.2. The Hall–Kier alpha value is -3.49. The molecule has 1 amide bonds. The number of nitrogens with zero attached hydrogens (tertiary/aromatic N) is 5. The zero-order valence-electron chi connectivity index (χ0n) is 17.6. The summed E-state index contributed by atoms with van der Waals surface area (Å²) in [6.45, 7) is 0.787. The van der Waals surface area contributed by atoms with E-state index in [2.05, 4.69) is 25.3 Å². The van der Waals surface area contributed by atoms with Gasteiger partial charge in [-0.25, -0.2) is 23.7 Å². The zero-order chi connectivity index (χ0) is 22.3. The van der Waals surface area contributed by atoms with Crippen LogP contribution in [0.15, 0.2) is 42.9 Å². The molecule has 0 atom stereocenters. The Balaban J connectivity index is 1.33. The molecule has 0 spiro atoms. The smallest absolute Gasteiger partial charge is 0.282 e. The minimum atomic E-state index is -2.77. The third-order valence-electron chi connectivity index (χ3n) is 5.70. The van der Waals surface area contributed by atoms with Crippen molar-refractivity contribution in [2.75, 3.05) is 18.4 Å². The number of nitrogens with one attached hydrogen (secondary N) is 1. The number of carbonyl (C=O) groups excluding carboxylic acids is 1. The molecule has 1 aliphatic carbocycles. The molecule has 5 rings (SSSR count). The molecule has 3 aromatic heterocycles. The van der Waals surface area contributed by atoms with Gasteiger partial charge >= 0.3 is 0 Å². The van der Waals surface area contributed by atoms with E-state index in [-0.39, 0.29) is 12.3 Å². The van der Waals surface area contributed by atoms with E-state index in [4.69, 9.17) is 0 Å². The number of hydrogen-bond donors (Lipinski definition) is 1.